The summed E-state index contributed by atoms with van der Waals surface area (Å²) in [6.45, 7) is 2.02. The summed E-state index contributed by atoms with van der Waals surface area (Å²) in [5.74, 6) is 0.924. The topological polar surface area (TPSA) is 41.4 Å². The molecule has 146 valence electrons. The molecular weight excluding hydrogens is 348 g/mol. The Morgan fingerprint density at radius 3 is 2.71 bits per heavy atom. The van der Waals surface area contributed by atoms with Crippen LogP contribution in [0.15, 0.2) is 42.7 Å². The normalized spacial score (nSPS) is 33.0. The maximum absolute atomic E-state index is 13.6. The first-order chi connectivity index (χ1) is 13.8. The van der Waals surface area contributed by atoms with Gasteiger partial charge in [-0.1, -0.05) is 31.0 Å². The Bertz CT molecular complexity index is 887. The number of benzene rings is 1. The van der Waals surface area contributed by atoms with Crippen LogP contribution in [0.1, 0.15) is 56.6 Å². The zero-order chi connectivity index (χ0) is 18.7. The predicted molar refractivity (Wildman–Crippen MR) is 107 cm³/mol. The number of hydrogen-bond acceptors (Lipinski definition) is 3. The first-order valence-corrected chi connectivity index (χ1v) is 11.0. The Balaban J connectivity index is 1.30. The van der Waals surface area contributed by atoms with Crippen LogP contribution in [0, 0.1) is 5.92 Å². The predicted octanol–water partition coefficient (Wildman–Crippen LogP) is 3.55. The van der Waals surface area contributed by atoms with Gasteiger partial charge in [0.05, 0.1) is 11.9 Å². The van der Waals surface area contributed by atoms with Gasteiger partial charge in [0.1, 0.15) is 5.54 Å². The number of para-hydroxylation sites is 1. The molecule has 1 aromatic carbocycles. The van der Waals surface area contributed by atoms with Crippen molar-refractivity contribution >= 4 is 5.91 Å². The molecule has 0 N–H and O–H groups in total. The third-order valence-corrected chi connectivity index (χ3v) is 7.85. The number of hydrogen-bond donors (Lipinski definition) is 0. The van der Waals surface area contributed by atoms with Crippen LogP contribution < -0.4 is 0 Å². The molecule has 6 rings (SSSR count). The quantitative estimate of drug-likeness (QED) is 0.823. The van der Waals surface area contributed by atoms with Crippen LogP contribution in [-0.2, 0) is 4.79 Å². The molecule has 3 aliphatic heterocycles. The fourth-order valence-electron chi connectivity index (χ4n) is 6.60. The largest absolute Gasteiger partial charge is 0.338 e. The first-order valence-electron chi connectivity index (χ1n) is 11.0. The van der Waals surface area contributed by atoms with Crippen LogP contribution in [0.5, 0.6) is 0 Å². The summed E-state index contributed by atoms with van der Waals surface area (Å²) in [5.41, 5.74) is 2.13. The standard InChI is InChI=1S/C23H28N4O/c28-22-23-11-6-12-26(23)21(13-18(23)16-25(22)19-7-4-5-8-19)17-14-24-27(15-17)20-9-2-1-3-10-20/h1-3,9-10,14-15,18-19,21H,4-8,11-13,16H2/t18-,21-,23-/m0/s1. The van der Waals surface area contributed by atoms with Crippen molar-refractivity contribution in [1.82, 2.24) is 19.6 Å². The van der Waals surface area contributed by atoms with Gasteiger partial charge >= 0.3 is 0 Å². The first kappa shape index (κ1) is 16.8. The summed E-state index contributed by atoms with van der Waals surface area (Å²) in [5, 5.41) is 4.63. The van der Waals surface area contributed by atoms with Crippen LogP contribution in [0.2, 0.25) is 0 Å². The Labute approximate surface area is 166 Å². The molecule has 4 aliphatic rings. The van der Waals surface area contributed by atoms with E-state index in [1.165, 1.54) is 31.2 Å². The lowest BCUT2D eigenvalue weighted by Gasteiger charge is -2.34. The van der Waals surface area contributed by atoms with Gasteiger partial charge in [-0.15, -0.1) is 0 Å². The average Bonchev–Trinajstić information content (AvgIpc) is 3.52. The monoisotopic (exact) mass is 376 g/mol. The third-order valence-electron chi connectivity index (χ3n) is 7.85. The van der Waals surface area contributed by atoms with E-state index < -0.39 is 0 Å². The van der Waals surface area contributed by atoms with Gasteiger partial charge in [-0.3, -0.25) is 9.69 Å². The molecule has 1 spiro atoms. The highest BCUT2D eigenvalue weighted by Crippen LogP contribution is 2.56. The van der Waals surface area contributed by atoms with Crippen molar-refractivity contribution in [2.75, 3.05) is 13.1 Å². The summed E-state index contributed by atoms with van der Waals surface area (Å²) in [4.78, 5) is 18.5. The number of carbonyl (C=O) groups is 1. The van der Waals surface area contributed by atoms with E-state index in [9.17, 15) is 4.79 Å². The lowest BCUT2D eigenvalue weighted by molar-refractivity contribution is -0.138. The van der Waals surface area contributed by atoms with E-state index >= 15 is 0 Å². The van der Waals surface area contributed by atoms with Gasteiger partial charge in [0.15, 0.2) is 0 Å². The minimum absolute atomic E-state index is 0.220. The highest BCUT2D eigenvalue weighted by molar-refractivity contribution is 5.90. The van der Waals surface area contributed by atoms with Crippen LogP contribution in [0.25, 0.3) is 5.69 Å². The van der Waals surface area contributed by atoms with E-state index in [1.807, 2.05) is 29.1 Å². The summed E-state index contributed by atoms with van der Waals surface area (Å²) in [6, 6.07) is 11.1. The van der Waals surface area contributed by atoms with E-state index in [-0.39, 0.29) is 5.54 Å². The molecule has 5 nitrogen and oxygen atoms in total. The highest BCUT2D eigenvalue weighted by atomic mass is 16.2. The number of aromatic nitrogens is 2. The fraction of sp³-hybridized carbons (Fsp3) is 0.565. The van der Waals surface area contributed by atoms with E-state index in [2.05, 4.69) is 33.2 Å². The SMILES string of the molecule is O=C1N(C2CCCC2)C[C@@H]2C[C@@H](c3cnn(-c4ccccc4)c3)N3CCC[C@@]123. The van der Waals surface area contributed by atoms with Crippen LogP contribution in [-0.4, -0.2) is 50.2 Å². The molecule has 28 heavy (non-hydrogen) atoms. The molecule has 3 atom stereocenters. The van der Waals surface area contributed by atoms with Crippen molar-refractivity contribution in [1.29, 1.82) is 0 Å². The van der Waals surface area contributed by atoms with E-state index in [0.29, 0.717) is 23.9 Å². The lowest BCUT2D eigenvalue weighted by Crippen LogP contribution is -2.51. The molecule has 0 radical (unpaired) electrons. The molecule has 1 aliphatic carbocycles. The average molecular weight is 377 g/mol. The van der Waals surface area contributed by atoms with E-state index in [1.54, 1.807) is 0 Å². The highest BCUT2D eigenvalue weighted by Gasteiger charge is 2.65. The van der Waals surface area contributed by atoms with Gasteiger partial charge in [-0.2, -0.15) is 5.10 Å². The summed E-state index contributed by atoms with van der Waals surface area (Å²) < 4.78 is 1.97. The van der Waals surface area contributed by atoms with Crippen molar-refractivity contribution in [3.8, 4) is 5.69 Å². The van der Waals surface area contributed by atoms with Gasteiger partial charge in [-0.05, 0) is 50.8 Å². The van der Waals surface area contributed by atoms with Gasteiger partial charge in [-0.25, -0.2) is 4.68 Å². The second-order valence-electron chi connectivity index (χ2n) is 9.12. The molecular formula is C23H28N4O. The summed E-state index contributed by atoms with van der Waals surface area (Å²) >= 11 is 0. The van der Waals surface area contributed by atoms with Gasteiger partial charge < -0.3 is 4.90 Å². The molecule has 3 saturated heterocycles. The maximum atomic E-state index is 13.6. The molecule has 5 heteroatoms. The minimum Gasteiger partial charge on any atom is -0.338 e. The van der Waals surface area contributed by atoms with E-state index in [4.69, 9.17) is 0 Å². The van der Waals surface area contributed by atoms with E-state index in [0.717, 1.165) is 38.0 Å². The van der Waals surface area contributed by atoms with Crippen LogP contribution >= 0.6 is 0 Å². The number of amides is 1. The molecule has 1 amide bonds. The van der Waals surface area contributed by atoms with Crippen molar-refractivity contribution in [2.45, 2.75) is 62.6 Å². The summed E-state index contributed by atoms with van der Waals surface area (Å²) in [7, 11) is 0. The Morgan fingerprint density at radius 1 is 1.07 bits per heavy atom. The van der Waals surface area contributed by atoms with Gasteiger partial charge in [0, 0.05) is 36.3 Å². The number of likely N-dealkylation sites (tertiary alicyclic amines) is 1. The number of nitrogens with zero attached hydrogens (tertiary/aromatic N) is 4. The molecule has 4 fully saturated rings. The molecule has 1 aromatic heterocycles. The van der Waals surface area contributed by atoms with Crippen molar-refractivity contribution in [2.24, 2.45) is 5.92 Å². The van der Waals surface area contributed by atoms with Crippen molar-refractivity contribution < 1.29 is 4.79 Å². The van der Waals surface area contributed by atoms with Crippen LogP contribution in [0.3, 0.4) is 0 Å². The van der Waals surface area contributed by atoms with Crippen molar-refractivity contribution in [3.05, 3.63) is 48.3 Å². The Morgan fingerprint density at radius 2 is 1.89 bits per heavy atom. The van der Waals surface area contributed by atoms with Gasteiger partial charge in [0.25, 0.3) is 0 Å². The van der Waals surface area contributed by atoms with Gasteiger partial charge in [0.2, 0.25) is 5.91 Å². The fourth-order valence-corrected chi connectivity index (χ4v) is 6.60. The maximum Gasteiger partial charge on any atom is 0.243 e. The lowest BCUT2D eigenvalue weighted by atomic mass is 9.85. The smallest absolute Gasteiger partial charge is 0.243 e. The number of rotatable bonds is 3. The Hall–Kier alpha value is -2.14. The summed E-state index contributed by atoms with van der Waals surface area (Å²) in [6.07, 6.45) is 12.5. The molecule has 0 unspecified atom stereocenters. The molecule has 4 heterocycles. The molecule has 0 bridgehead atoms. The second-order valence-corrected chi connectivity index (χ2v) is 9.12. The zero-order valence-electron chi connectivity index (χ0n) is 16.3. The minimum atomic E-state index is -0.220. The molecule has 1 saturated carbocycles. The Kier molecular flexibility index (Phi) is 3.70. The molecule has 2 aromatic rings. The van der Waals surface area contributed by atoms with Crippen LogP contribution in [0.4, 0.5) is 0 Å². The second kappa shape index (κ2) is 6.18. The van der Waals surface area contributed by atoms with Crippen molar-refractivity contribution in [3.63, 3.8) is 0 Å². The third kappa shape index (κ3) is 2.22. The number of carbonyl (C=O) groups excluding carboxylic acids is 1. The zero-order valence-corrected chi connectivity index (χ0v) is 16.3.